The van der Waals surface area contributed by atoms with E-state index in [1.807, 2.05) is 19.1 Å². The molecule has 19 heavy (non-hydrogen) atoms. The Hall–Kier alpha value is -1.81. The molecule has 5 heteroatoms. The lowest BCUT2D eigenvalue weighted by Gasteiger charge is -2.11. The van der Waals surface area contributed by atoms with Gasteiger partial charge >= 0.3 is 0 Å². The fourth-order valence-corrected chi connectivity index (χ4v) is 1.98. The third-order valence-electron chi connectivity index (χ3n) is 3.11. The molecule has 0 bridgehead atoms. The Morgan fingerprint density at radius 3 is 2.79 bits per heavy atom. The van der Waals surface area contributed by atoms with Crippen LogP contribution in [0.5, 0.6) is 11.6 Å². The molecule has 1 aromatic carbocycles. The minimum Gasteiger partial charge on any atom is -0.438 e. The average Bonchev–Trinajstić information content (AvgIpc) is 3.19. The molecule has 0 atom stereocenters. The van der Waals surface area contributed by atoms with E-state index in [2.05, 4.69) is 9.97 Å². The van der Waals surface area contributed by atoms with E-state index < -0.39 is 0 Å². The number of nitrogens with zero attached hydrogens (tertiary/aromatic N) is 2. The highest BCUT2D eigenvalue weighted by Gasteiger charge is 2.28. The summed E-state index contributed by atoms with van der Waals surface area (Å²) in [6, 6.07) is 7.21. The summed E-state index contributed by atoms with van der Waals surface area (Å²) < 4.78 is 5.77. The van der Waals surface area contributed by atoms with Gasteiger partial charge in [0.1, 0.15) is 17.4 Å². The number of hydrogen-bond donors (Lipinski definition) is 1. The van der Waals surface area contributed by atoms with E-state index in [1.54, 1.807) is 12.1 Å². The van der Waals surface area contributed by atoms with Crippen molar-refractivity contribution < 1.29 is 4.74 Å². The number of nitrogen functional groups attached to an aromatic ring is 1. The summed E-state index contributed by atoms with van der Waals surface area (Å²) in [7, 11) is 0. The standard InChI is InChI=1S/C14H14ClN3O/c1-8-12(16)17-13(9-5-6-9)18-14(8)19-11-4-2-3-10(15)7-11/h2-4,7,9H,5-6H2,1H3,(H2,16,17,18). The highest BCUT2D eigenvalue weighted by Crippen LogP contribution is 2.40. The number of hydrogen-bond acceptors (Lipinski definition) is 4. The number of rotatable bonds is 3. The molecule has 0 radical (unpaired) electrons. The van der Waals surface area contributed by atoms with Crippen LogP contribution in [-0.2, 0) is 0 Å². The predicted octanol–water partition coefficient (Wildman–Crippen LogP) is 3.69. The quantitative estimate of drug-likeness (QED) is 0.928. The SMILES string of the molecule is Cc1c(N)nc(C2CC2)nc1Oc1cccc(Cl)c1. The minimum absolute atomic E-state index is 0.435. The molecular weight excluding hydrogens is 262 g/mol. The van der Waals surface area contributed by atoms with Gasteiger partial charge in [-0.25, -0.2) is 4.98 Å². The van der Waals surface area contributed by atoms with Gasteiger partial charge in [-0.2, -0.15) is 4.98 Å². The van der Waals surface area contributed by atoms with Crippen molar-refractivity contribution in [1.82, 2.24) is 9.97 Å². The van der Waals surface area contributed by atoms with E-state index in [4.69, 9.17) is 22.1 Å². The molecule has 0 saturated heterocycles. The van der Waals surface area contributed by atoms with E-state index in [1.165, 1.54) is 0 Å². The molecule has 2 aromatic rings. The second-order valence-corrected chi connectivity index (χ2v) is 5.17. The number of ether oxygens (including phenoxy) is 1. The van der Waals surface area contributed by atoms with Crippen molar-refractivity contribution in [2.24, 2.45) is 0 Å². The molecule has 2 N–H and O–H groups in total. The van der Waals surface area contributed by atoms with Gasteiger partial charge in [0, 0.05) is 10.9 Å². The maximum Gasteiger partial charge on any atom is 0.227 e. The first-order valence-corrected chi connectivity index (χ1v) is 6.58. The Morgan fingerprint density at radius 1 is 1.32 bits per heavy atom. The van der Waals surface area contributed by atoms with Crippen LogP contribution in [0.1, 0.15) is 30.1 Å². The molecule has 1 saturated carbocycles. The number of anilines is 1. The maximum atomic E-state index is 5.94. The first-order valence-electron chi connectivity index (χ1n) is 6.21. The van der Waals surface area contributed by atoms with Crippen LogP contribution in [0.15, 0.2) is 24.3 Å². The van der Waals surface area contributed by atoms with E-state index in [0.29, 0.717) is 28.4 Å². The van der Waals surface area contributed by atoms with Crippen molar-refractivity contribution in [3.8, 4) is 11.6 Å². The van der Waals surface area contributed by atoms with Gasteiger partial charge in [-0.3, -0.25) is 0 Å². The van der Waals surface area contributed by atoms with Gasteiger partial charge in [-0.15, -0.1) is 0 Å². The van der Waals surface area contributed by atoms with Gasteiger partial charge in [0.05, 0.1) is 5.56 Å². The molecule has 1 aliphatic rings. The van der Waals surface area contributed by atoms with Crippen LogP contribution >= 0.6 is 11.6 Å². The molecule has 0 amide bonds. The molecule has 1 fully saturated rings. The Balaban J connectivity index is 1.95. The van der Waals surface area contributed by atoms with Crippen LogP contribution in [0.25, 0.3) is 0 Å². The van der Waals surface area contributed by atoms with E-state index >= 15 is 0 Å². The van der Waals surface area contributed by atoms with Gasteiger partial charge in [-0.1, -0.05) is 17.7 Å². The third-order valence-corrected chi connectivity index (χ3v) is 3.34. The van der Waals surface area contributed by atoms with Crippen molar-refractivity contribution in [1.29, 1.82) is 0 Å². The van der Waals surface area contributed by atoms with Crippen LogP contribution < -0.4 is 10.5 Å². The molecule has 1 aromatic heterocycles. The van der Waals surface area contributed by atoms with E-state index in [-0.39, 0.29) is 0 Å². The van der Waals surface area contributed by atoms with Gasteiger partial charge in [0.25, 0.3) is 0 Å². The molecule has 1 heterocycles. The predicted molar refractivity (Wildman–Crippen MR) is 74.7 cm³/mol. The maximum absolute atomic E-state index is 5.94. The number of aromatic nitrogens is 2. The molecule has 1 aliphatic carbocycles. The summed E-state index contributed by atoms with van der Waals surface area (Å²) in [5.74, 6) is 2.85. The monoisotopic (exact) mass is 275 g/mol. The first-order chi connectivity index (χ1) is 9.13. The minimum atomic E-state index is 0.435. The molecule has 0 spiro atoms. The summed E-state index contributed by atoms with van der Waals surface area (Å²) >= 11 is 5.94. The molecule has 98 valence electrons. The number of halogens is 1. The fourth-order valence-electron chi connectivity index (χ4n) is 1.80. The molecular formula is C14H14ClN3O. The topological polar surface area (TPSA) is 61.0 Å². The lowest BCUT2D eigenvalue weighted by molar-refractivity contribution is 0.455. The van der Waals surface area contributed by atoms with Crippen LogP contribution in [-0.4, -0.2) is 9.97 Å². The zero-order valence-electron chi connectivity index (χ0n) is 10.6. The average molecular weight is 276 g/mol. The summed E-state index contributed by atoms with van der Waals surface area (Å²) in [6.07, 6.45) is 2.25. The van der Waals surface area contributed by atoms with Crippen molar-refractivity contribution >= 4 is 17.4 Å². The molecule has 0 unspecified atom stereocenters. The smallest absolute Gasteiger partial charge is 0.227 e. The Morgan fingerprint density at radius 2 is 2.11 bits per heavy atom. The molecule has 4 nitrogen and oxygen atoms in total. The first kappa shape index (κ1) is 12.2. The van der Waals surface area contributed by atoms with Crippen LogP contribution in [0.3, 0.4) is 0 Å². The Labute approximate surface area is 116 Å². The van der Waals surface area contributed by atoms with Crippen molar-refractivity contribution in [2.45, 2.75) is 25.7 Å². The van der Waals surface area contributed by atoms with Crippen LogP contribution in [0.4, 0.5) is 5.82 Å². The lowest BCUT2D eigenvalue weighted by Crippen LogP contribution is -2.04. The normalized spacial score (nSPS) is 14.4. The summed E-state index contributed by atoms with van der Waals surface area (Å²) in [5, 5.41) is 0.625. The largest absolute Gasteiger partial charge is 0.438 e. The van der Waals surface area contributed by atoms with Crippen molar-refractivity contribution in [2.75, 3.05) is 5.73 Å². The lowest BCUT2D eigenvalue weighted by atomic mass is 10.3. The summed E-state index contributed by atoms with van der Waals surface area (Å²) in [4.78, 5) is 8.78. The van der Waals surface area contributed by atoms with E-state index in [0.717, 1.165) is 24.2 Å². The third kappa shape index (κ3) is 2.63. The second-order valence-electron chi connectivity index (χ2n) is 4.73. The van der Waals surface area contributed by atoms with E-state index in [9.17, 15) is 0 Å². The van der Waals surface area contributed by atoms with Crippen molar-refractivity contribution in [3.05, 3.63) is 40.7 Å². The summed E-state index contributed by atoms with van der Waals surface area (Å²) in [6.45, 7) is 1.85. The van der Waals surface area contributed by atoms with Crippen LogP contribution in [0.2, 0.25) is 5.02 Å². The fraction of sp³-hybridized carbons (Fsp3) is 0.286. The highest BCUT2D eigenvalue weighted by molar-refractivity contribution is 6.30. The van der Waals surface area contributed by atoms with Gasteiger partial charge in [0.15, 0.2) is 0 Å². The van der Waals surface area contributed by atoms with Crippen molar-refractivity contribution in [3.63, 3.8) is 0 Å². The van der Waals surface area contributed by atoms with Gasteiger partial charge in [0.2, 0.25) is 5.88 Å². The zero-order valence-corrected chi connectivity index (χ0v) is 11.3. The number of benzene rings is 1. The van der Waals surface area contributed by atoms with Gasteiger partial charge in [-0.05, 0) is 38.0 Å². The zero-order chi connectivity index (χ0) is 13.4. The van der Waals surface area contributed by atoms with Crippen LogP contribution in [0, 0.1) is 6.92 Å². The highest BCUT2D eigenvalue weighted by atomic mass is 35.5. The molecule has 3 rings (SSSR count). The molecule has 0 aliphatic heterocycles. The second kappa shape index (κ2) is 4.70. The Bertz CT molecular complexity index is 626. The summed E-state index contributed by atoms with van der Waals surface area (Å²) in [5.41, 5.74) is 6.67. The van der Waals surface area contributed by atoms with Gasteiger partial charge < -0.3 is 10.5 Å². The number of nitrogens with two attached hydrogens (primary N) is 1. The Kier molecular flexibility index (Phi) is 3.03.